The number of nitrogens with two attached hydrogens (primary N) is 1. The fraction of sp³-hybridized carbons (Fsp3) is 0.600. The van der Waals surface area contributed by atoms with Crippen LogP contribution in [0.2, 0.25) is 0 Å². The van der Waals surface area contributed by atoms with Crippen LogP contribution in [0.3, 0.4) is 0 Å². The maximum atomic E-state index is 5.69. The Labute approximate surface area is 104 Å². The van der Waals surface area contributed by atoms with Crippen molar-refractivity contribution < 1.29 is 0 Å². The number of hydrogen-bond donors (Lipinski definition) is 1. The summed E-state index contributed by atoms with van der Waals surface area (Å²) >= 11 is 0. The molecule has 17 heavy (non-hydrogen) atoms. The molecule has 0 aliphatic heterocycles. The van der Waals surface area contributed by atoms with Gasteiger partial charge >= 0.3 is 0 Å². The van der Waals surface area contributed by atoms with Crippen LogP contribution in [-0.4, -0.2) is 12.6 Å². The minimum Gasteiger partial charge on any atom is -0.368 e. The van der Waals surface area contributed by atoms with Crippen LogP contribution in [0.25, 0.3) is 0 Å². The van der Waals surface area contributed by atoms with Gasteiger partial charge in [0.05, 0.1) is 0 Å². The summed E-state index contributed by atoms with van der Waals surface area (Å²) in [5, 5.41) is 0. The van der Waals surface area contributed by atoms with Gasteiger partial charge in [-0.3, -0.25) is 0 Å². The summed E-state index contributed by atoms with van der Waals surface area (Å²) in [4.78, 5) is 2.65. The van der Waals surface area contributed by atoms with Crippen LogP contribution in [0.15, 0.2) is 18.2 Å². The molecule has 0 heterocycles. The number of benzene rings is 1. The smallest absolute Gasteiger partial charge is 0.0398 e. The molecule has 2 nitrogen and oxygen atoms in total. The van der Waals surface area contributed by atoms with Gasteiger partial charge in [0, 0.05) is 24.8 Å². The number of nitrogens with zero attached hydrogens (tertiary/aromatic N) is 1. The molecule has 2 fully saturated rings. The zero-order valence-corrected chi connectivity index (χ0v) is 10.7. The molecule has 0 spiro atoms. The third-order valence-electron chi connectivity index (χ3n) is 3.95. The molecule has 1 aromatic rings. The van der Waals surface area contributed by atoms with Crippen molar-refractivity contribution in [3.05, 3.63) is 29.3 Å². The van der Waals surface area contributed by atoms with Gasteiger partial charge in [0.2, 0.25) is 0 Å². The molecular weight excluding hydrogens is 208 g/mol. The second-order valence-electron chi connectivity index (χ2n) is 5.65. The Kier molecular flexibility index (Phi) is 2.83. The molecule has 0 radical (unpaired) electrons. The summed E-state index contributed by atoms with van der Waals surface area (Å²) in [6.07, 6.45) is 5.63. The van der Waals surface area contributed by atoms with Crippen LogP contribution < -0.4 is 10.6 Å². The fourth-order valence-corrected chi connectivity index (χ4v) is 2.58. The molecule has 0 amide bonds. The summed E-state index contributed by atoms with van der Waals surface area (Å²) in [5.74, 6) is 0.962. The van der Waals surface area contributed by atoms with E-state index in [0.29, 0.717) is 6.54 Å². The molecule has 0 saturated heterocycles. The Bertz CT molecular complexity index is 405. The normalized spacial score (nSPS) is 19.4. The van der Waals surface area contributed by atoms with Gasteiger partial charge in [0.1, 0.15) is 0 Å². The molecule has 92 valence electrons. The van der Waals surface area contributed by atoms with Gasteiger partial charge < -0.3 is 10.6 Å². The van der Waals surface area contributed by atoms with Crippen LogP contribution in [0, 0.1) is 12.8 Å². The van der Waals surface area contributed by atoms with E-state index in [1.807, 2.05) is 0 Å². The Balaban J connectivity index is 1.83. The van der Waals surface area contributed by atoms with E-state index in [-0.39, 0.29) is 0 Å². The maximum Gasteiger partial charge on any atom is 0.0398 e. The number of rotatable bonds is 5. The predicted octanol–water partition coefficient (Wildman–Crippen LogP) is 2.83. The highest BCUT2D eigenvalue weighted by atomic mass is 15.2. The first-order chi connectivity index (χ1) is 8.28. The van der Waals surface area contributed by atoms with Crippen molar-refractivity contribution in [3.8, 4) is 0 Å². The van der Waals surface area contributed by atoms with Gasteiger partial charge in [-0.25, -0.2) is 0 Å². The van der Waals surface area contributed by atoms with E-state index in [4.69, 9.17) is 5.73 Å². The predicted molar refractivity (Wildman–Crippen MR) is 72.2 cm³/mol. The lowest BCUT2D eigenvalue weighted by Gasteiger charge is -2.26. The van der Waals surface area contributed by atoms with Crippen LogP contribution in [0.5, 0.6) is 0 Å². The fourth-order valence-electron chi connectivity index (χ4n) is 2.58. The quantitative estimate of drug-likeness (QED) is 0.842. The van der Waals surface area contributed by atoms with E-state index in [1.54, 1.807) is 0 Å². The molecule has 0 unspecified atom stereocenters. The molecule has 2 N–H and O–H groups in total. The number of aryl methyl sites for hydroxylation is 1. The molecule has 2 saturated carbocycles. The van der Waals surface area contributed by atoms with Gasteiger partial charge in [0.15, 0.2) is 0 Å². The van der Waals surface area contributed by atoms with Crippen molar-refractivity contribution >= 4 is 5.69 Å². The average Bonchev–Trinajstić information content (AvgIpc) is 3.18. The van der Waals surface area contributed by atoms with E-state index in [2.05, 4.69) is 30.0 Å². The lowest BCUT2D eigenvalue weighted by atomic mass is 10.1. The number of hydrogen-bond acceptors (Lipinski definition) is 2. The van der Waals surface area contributed by atoms with E-state index < -0.39 is 0 Å². The minimum atomic E-state index is 0.646. The van der Waals surface area contributed by atoms with E-state index in [0.717, 1.165) is 12.0 Å². The van der Waals surface area contributed by atoms with E-state index in [1.165, 1.54) is 49.0 Å². The van der Waals surface area contributed by atoms with Crippen molar-refractivity contribution in [1.29, 1.82) is 0 Å². The highest BCUT2D eigenvalue weighted by Gasteiger charge is 2.34. The Hall–Kier alpha value is -1.02. The van der Waals surface area contributed by atoms with Crippen molar-refractivity contribution in [2.24, 2.45) is 11.7 Å². The highest BCUT2D eigenvalue weighted by molar-refractivity contribution is 5.56. The summed E-state index contributed by atoms with van der Waals surface area (Å²) in [6, 6.07) is 7.53. The summed E-state index contributed by atoms with van der Waals surface area (Å²) in [5.41, 5.74) is 9.77. The lowest BCUT2D eigenvalue weighted by Crippen LogP contribution is -2.28. The summed E-state index contributed by atoms with van der Waals surface area (Å²) < 4.78 is 0. The third kappa shape index (κ3) is 2.47. The topological polar surface area (TPSA) is 29.3 Å². The second kappa shape index (κ2) is 4.34. The number of anilines is 1. The molecule has 2 aliphatic carbocycles. The van der Waals surface area contributed by atoms with Crippen LogP contribution in [0.4, 0.5) is 5.69 Å². The third-order valence-corrected chi connectivity index (χ3v) is 3.95. The van der Waals surface area contributed by atoms with Crippen LogP contribution in [-0.2, 0) is 6.54 Å². The monoisotopic (exact) mass is 230 g/mol. The Morgan fingerprint density at radius 1 is 1.24 bits per heavy atom. The molecular formula is C15H22N2. The molecule has 1 aromatic carbocycles. The van der Waals surface area contributed by atoms with Gasteiger partial charge in [-0.05, 0) is 55.7 Å². The van der Waals surface area contributed by atoms with Gasteiger partial charge in [-0.15, -0.1) is 0 Å². The first kappa shape index (κ1) is 11.1. The first-order valence-corrected chi connectivity index (χ1v) is 6.84. The van der Waals surface area contributed by atoms with Crippen molar-refractivity contribution in [2.75, 3.05) is 11.4 Å². The molecule has 0 bridgehead atoms. The SMILES string of the molecule is Cc1cc(CN)ccc1N(CC1CC1)C1CC1. The van der Waals surface area contributed by atoms with E-state index >= 15 is 0 Å². The van der Waals surface area contributed by atoms with Crippen molar-refractivity contribution in [2.45, 2.75) is 45.2 Å². The molecule has 0 atom stereocenters. The second-order valence-corrected chi connectivity index (χ2v) is 5.65. The summed E-state index contributed by atoms with van der Waals surface area (Å²) in [6.45, 7) is 4.14. The molecule has 0 aromatic heterocycles. The minimum absolute atomic E-state index is 0.646. The molecule has 2 aliphatic rings. The van der Waals surface area contributed by atoms with Crippen LogP contribution in [0.1, 0.15) is 36.8 Å². The standard InChI is InChI=1S/C15H22N2/c1-11-8-13(9-16)4-7-15(11)17(14-5-6-14)10-12-2-3-12/h4,7-8,12,14H,2-3,5-6,9-10,16H2,1H3. The zero-order valence-electron chi connectivity index (χ0n) is 10.7. The van der Waals surface area contributed by atoms with Crippen molar-refractivity contribution in [3.63, 3.8) is 0 Å². The van der Waals surface area contributed by atoms with Gasteiger partial charge in [-0.1, -0.05) is 12.1 Å². The Morgan fingerprint density at radius 2 is 2.00 bits per heavy atom. The largest absolute Gasteiger partial charge is 0.368 e. The maximum absolute atomic E-state index is 5.69. The Morgan fingerprint density at radius 3 is 2.53 bits per heavy atom. The average molecular weight is 230 g/mol. The van der Waals surface area contributed by atoms with Crippen LogP contribution >= 0.6 is 0 Å². The highest BCUT2D eigenvalue weighted by Crippen LogP contribution is 2.38. The lowest BCUT2D eigenvalue weighted by molar-refractivity contribution is 0.716. The van der Waals surface area contributed by atoms with E-state index in [9.17, 15) is 0 Å². The zero-order chi connectivity index (χ0) is 11.8. The molecule has 3 rings (SSSR count). The first-order valence-electron chi connectivity index (χ1n) is 6.84. The van der Waals surface area contributed by atoms with Gasteiger partial charge in [-0.2, -0.15) is 0 Å². The summed E-state index contributed by atoms with van der Waals surface area (Å²) in [7, 11) is 0. The van der Waals surface area contributed by atoms with Gasteiger partial charge in [0.25, 0.3) is 0 Å². The van der Waals surface area contributed by atoms with Crippen molar-refractivity contribution in [1.82, 2.24) is 0 Å². The molecule has 2 heteroatoms.